The number of carbonyl (C=O) groups excluding carboxylic acids is 2. The van der Waals surface area contributed by atoms with Gasteiger partial charge in [0.25, 0.3) is 5.91 Å². The summed E-state index contributed by atoms with van der Waals surface area (Å²) < 4.78 is 5.44. The predicted molar refractivity (Wildman–Crippen MR) is 158 cm³/mol. The van der Waals surface area contributed by atoms with Gasteiger partial charge in [0.15, 0.2) is 0 Å². The lowest BCUT2D eigenvalue weighted by molar-refractivity contribution is -0.127. The lowest BCUT2D eigenvalue weighted by Crippen LogP contribution is -2.44. The van der Waals surface area contributed by atoms with Crippen LogP contribution in [0.2, 0.25) is 0 Å². The van der Waals surface area contributed by atoms with Gasteiger partial charge in [-0.05, 0) is 55.1 Å². The fourth-order valence-corrected chi connectivity index (χ4v) is 5.12. The Hall–Kier alpha value is -2.00. The van der Waals surface area contributed by atoms with Crippen LogP contribution in [-0.2, 0) is 16.0 Å². The second-order valence-electron chi connectivity index (χ2n) is 11.8. The molecule has 1 aromatic carbocycles. The van der Waals surface area contributed by atoms with Gasteiger partial charge in [-0.25, -0.2) is 0 Å². The molecule has 0 bridgehead atoms. The van der Waals surface area contributed by atoms with Crippen LogP contribution in [0.25, 0.3) is 0 Å². The zero-order valence-corrected chi connectivity index (χ0v) is 25.0. The maximum atomic E-state index is 13.2. The zero-order valence-electron chi connectivity index (χ0n) is 25.0. The number of morpholine rings is 1. The van der Waals surface area contributed by atoms with E-state index in [1.54, 1.807) is 0 Å². The van der Waals surface area contributed by atoms with E-state index >= 15 is 0 Å². The average molecular weight is 547 g/mol. The highest BCUT2D eigenvalue weighted by molar-refractivity contribution is 5.95. The molecule has 0 aromatic heterocycles. The number of ether oxygens (including phenoxy) is 1. The zero-order chi connectivity index (χ0) is 28.8. The molecule has 39 heavy (non-hydrogen) atoms. The molecular formula is C31H54N4O4. The molecule has 1 heterocycles. The molecule has 0 radical (unpaired) electrons. The number of hydrogen-bond donors (Lipinski definition) is 4. The topological polar surface area (TPSA) is 117 Å². The number of amides is 2. The van der Waals surface area contributed by atoms with Crippen molar-refractivity contribution in [2.45, 2.75) is 78.9 Å². The summed E-state index contributed by atoms with van der Waals surface area (Å²) >= 11 is 0. The largest absolute Gasteiger partial charge is 0.391 e. The number of unbranched alkanes of at least 4 members (excludes halogenated alkanes) is 1. The molecule has 222 valence electrons. The second kappa shape index (κ2) is 17.6. The quantitative estimate of drug-likeness (QED) is 0.223. The first-order valence-electron chi connectivity index (χ1n) is 15.0. The van der Waals surface area contributed by atoms with E-state index in [0.29, 0.717) is 31.5 Å². The van der Waals surface area contributed by atoms with Gasteiger partial charge in [0, 0.05) is 50.2 Å². The highest BCUT2D eigenvalue weighted by Crippen LogP contribution is 2.23. The second-order valence-corrected chi connectivity index (χ2v) is 11.8. The fourth-order valence-electron chi connectivity index (χ4n) is 5.12. The standard InChI is InChI=1S/C31H54N4O4/c1-6-7-13-33-31(38)27(23(4)5)20-29(36)28(32)19-25(22(2)3)21-34-30(37)26-11-9-8-10-24(26)12-14-35-15-17-39-18-16-35/h8-11,22-23,25,27-29,36H,6-7,12-21,32H2,1-5H3,(H,33,38)(H,34,37)/t25-,27+,28+,29+/m1/s1. The third kappa shape index (κ3) is 11.6. The van der Waals surface area contributed by atoms with Gasteiger partial charge in [0.2, 0.25) is 5.91 Å². The van der Waals surface area contributed by atoms with Crippen LogP contribution in [0.1, 0.15) is 76.2 Å². The molecule has 1 saturated heterocycles. The van der Waals surface area contributed by atoms with Gasteiger partial charge in [0.05, 0.1) is 19.3 Å². The highest BCUT2D eigenvalue weighted by Gasteiger charge is 2.29. The number of nitrogens with zero attached hydrogens (tertiary/aromatic N) is 1. The highest BCUT2D eigenvalue weighted by atomic mass is 16.5. The molecule has 8 nitrogen and oxygen atoms in total. The number of rotatable bonds is 17. The van der Waals surface area contributed by atoms with Gasteiger partial charge in [-0.15, -0.1) is 0 Å². The van der Waals surface area contributed by atoms with Gasteiger partial charge in [-0.3, -0.25) is 14.5 Å². The summed E-state index contributed by atoms with van der Waals surface area (Å²) in [4.78, 5) is 28.3. The summed E-state index contributed by atoms with van der Waals surface area (Å²) in [6, 6.07) is 7.34. The Morgan fingerprint density at radius 2 is 1.74 bits per heavy atom. The van der Waals surface area contributed by atoms with Crippen LogP contribution in [0.15, 0.2) is 24.3 Å². The van der Waals surface area contributed by atoms with E-state index < -0.39 is 12.1 Å². The smallest absolute Gasteiger partial charge is 0.251 e. The number of carbonyl (C=O) groups is 2. The van der Waals surface area contributed by atoms with Crippen molar-refractivity contribution in [2.24, 2.45) is 29.4 Å². The SMILES string of the molecule is CCCCNC(=O)[C@@H](C[C@H](O)[C@@H](N)C[C@H](CNC(=O)c1ccccc1CCN1CCOCC1)C(C)C)C(C)C. The predicted octanol–water partition coefficient (Wildman–Crippen LogP) is 3.22. The van der Waals surface area contributed by atoms with Gasteiger partial charge in [-0.1, -0.05) is 59.2 Å². The van der Waals surface area contributed by atoms with E-state index in [1.807, 2.05) is 38.1 Å². The molecule has 2 rings (SSSR count). The van der Waals surface area contributed by atoms with E-state index in [2.05, 4.69) is 36.3 Å². The number of benzene rings is 1. The molecular weight excluding hydrogens is 492 g/mol. The Morgan fingerprint density at radius 1 is 1.05 bits per heavy atom. The van der Waals surface area contributed by atoms with Gasteiger partial charge < -0.3 is 26.2 Å². The molecule has 1 aromatic rings. The minimum Gasteiger partial charge on any atom is -0.391 e. The third-order valence-corrected chi connectivity index (χ3v) is 8.07. The lowest BCUT2D eigenvalue weighted by atomic mass is 9.83. The first-order chi connectivity index (χ1) is 18.6. The minimum absolute atomic E-state index is 0.00958. The first kappa shape index (κ1) is 33.2. The lowest BCUT2D eigenvalue weighted by Gasteiger charge is -2.30. The maximum Gasteiger partial charge on any atom is 0.251 e. The summed E-state index contributed by atoms with van der Waals surface area (Å²) in [7, 11) is 0. The van der Waals surface area contributed by atoms with E-state index in [4.69, 9.17) is 10.5 Å². The van der Waals surface area contributed by atoms with Crippen molar-refractivity contribution in [3.63, 3.8) is 0 Å². The Morgan fingerprint density at radius 3 is 2.38 bits per heavy atom. The van der Waals surface area contributed by atoms with Crippen molar-refractivity contribution in [2.75, 3.05) is 45.9 Å². The average Bonchev–Trinajstić information content (AvgIpc) is 2.92. The molecule has 2 amide bonds. The van der Waals surface area contributed by atoms with Crippen molar-refractivity contribution in [1.29, 1.82) is 0 Å². The van der Waals surface area contributed by atoms with E-state index in [-0.39, 0.29) is 35.5 Å². The fraction of sp³-hybridized carbons (Fsp3) is 0.742. The number of nitrogens with two attached hydrogens (primary N) is 1. The van der Waals surface area contributed by atoms with E-state index in [0.717, 1.165) is 57.7 Å². The molecule has 1 fully saturated rings. The Balaban J connectivity index is 1.92. The van der Waals surface area contributed by atoms with Crippen LogP contribution in [0.3, 0.4) is 0 Å². The summed E-state index contributed by atoms with van der Waals surface area (Å²) in [5, 5.41) is 17.1. The summed E-state index contributed by atoms with van der Waals surface area (Å²) in [5.41, 5.74) is 8.23. The van der Waals surface area contributed by atoms with Gasteiger partial charge in [-0.2, -0.15) is 0 Å². The molecule has 5 N–H and O–H groups in total. The van der Waals surface area contributed by atoms with Crippen molar-refractivity contribution in [3.8, 4) is 0 Å². The van der Waals surface area contributed by atoms with E-state index in [9.17, 15) is 14.7 Å². The van der Waals surface area contributed by atoms with Gasteiger partial charge >= 0.3 is 0 Å². The summed E-state index contributed by atoms with van der Waals surface area (Å²) in [6.07, 6.45) is 2.90. The van der Waals surface area contributed by atoms with E-state index in [1.165, 1.54) is 0 Å². The molecule has 8 heteroatoms. The number of nitrogens with one attached hydrogen (secondary N) is 2. The third-order valence-electron chi connectivity index (χ3n) is 8.07. The van der Waals surface area contributed by atoms with Crippen LogP contribution in [0.4, 0.5) is 0 Å². The van der Waals surface area contributed by atoms with Crippen LogP contribution in [-0.4, -0.2) is 79.9 Å². The van der Waals surface area contributed by atoms with Crippen molar-refractivity contribution in [3.05, 3.63) is 35.4 Å². The Labute approximate surface area is 236 Å². The number of aliphatic hydroxyl groups is 1. The molecule has 1 aliphatic rings. The minimum atomic E-state index is -0.785. The van der Waals surface area contributed by atoms with Crippen LogP contribution in [0.5, 0.6) is 0 Å². The summed E-state index contributed by atoms with van der Waals surface area (Å²) in [6.45, 7) is 15.8. The van der Waals surface area contributed by atoms with Crippen molar-refractivity contribution in [1.82, 2.24) is 15.5 Å². The number of hydrogen-bond acceptors (Lipinski definition) is 6. The molecule has 0 saturated carbocycles. The molecule has 0 aliphatic carbocycles. The molecule has 0 unspecified atom stereocenters. The van der Waals surface area contributed by atoms with Crippen molar-refractivity contribution >= 4 is 11.8 Å². The molecule has 4 atom stereocenters. The van der Waals surface area contributed by atoms with Crippen molar-refractivity contribution < 1.29 is 19.4 Å². The molecule has 0 spiro atoms. The van der Waals surface area contributed by atoms with Gasteiger partial charge in [0.1, 0.15) is 0 Å². The maximum absolute atomic E-state index is 13.2. The van der Waals surface area contributed by atoms with Crippen LogP contribution in [0, 0.1) is 23.7 Å². The monoisotopic (exact) mass is 546 g/mol. The Kier molecular flexibility index (Phi) is 15.0. The first-order valence-corrected chi connectivity index (χ1v) is 15.0. The Bertz CT molecular complexity index is 857. The molecule has 1 aliphatic heterocycles. The van der Waals surface area contributed by atoms with Crippen LogP contribution < -0.4 is 16.4 Å². The summed E-state index contributed by atoms with van der Waals surface area (Å²) in [5.74, 6) is 0.125. The number of aliphatic hydroxyl groups excluding tert-OH is 1. The van der Waals surface area contributed by atoms with Crippen LogP contribution >= 0.6 is 0 Å². The normalized spacial score (nSPS) is 17.6.